The van der Waals surface area contributed by atoms with E-state index in [0.717, 1.165) is 6.42 Å². The van der Waals surface area contributed by atoms with Crippen molar-refractivity contribution in [1.29, 1.82) is 0 Å². The highest BCUT2D eigenvalue weighted by atomic mass is 35.5. The van der Waals surface area contributed by atoms with Crippen LogP contribution in [-0.2, 0) is 0 Å². The van der Waals surface area contributed by atoms with Gasteiger partial charge in [-0.1, -0.05) is 31.5 Å². The van der Waals surface area contributed by atoms with E-state index in [2.05, 4.69) is 0 Å². The van der Waals surface area contributed by atoms with E-state index in [0.29, 0.717) is 13.2 Å². The van der Waals surface area contributed by atoms with Crippen LogP contribution in [0.1, 0.15) is 20.3 Å². The van der Waals surface area contributed by atoms with Gasteiger partial charge in [0.05, 0.1) is 11.6 Å². The average molecular weight is 246 g/mol. The smallest absolute Gasteiger partial charge is 0.183 e. The molecule has 90 valence electrons. The zero-order valence-corrected chi connectivity index (χ0v) is 10.4. The van der Waals surface area contributed by atoms with Crippen LogP contribution in [0.15, 0.2) is 18.2 Å². The maximum atomic E-state index is 13.4. The molecule has 0 unspecified atom stereocenters. The highest BCUT2D eigenvalue weighted by Crippen LogP contribution is 2.25. The maximum Gasteiger partial charge on any atom is 0.183 e. The molecule has 0 atom stereocenters. The van der Waals surface area contributed by atoms with E-state index < -0.39 is 5.82 Å². The summed E-state index contributed by atoms with van der Waals surface area (Å²) in [6, 6.07) is 4.72. The van der Waals surface area contributed by atoms with Crippen molar-refractivity contribution in [3.8, 4) is 5.75 Å². The van der Waals surface area contributed by atoms with E-state index >= 15 is 0 Å². The van der Waals surface area contributed by atoms with Crippen LogP contribution in [0.5, 0.6) is 5.75 Å². The fourth-order valence-corrected chi connectivity index (χ4v) is 1.30. The summed E-state index contributed by atoms with van der Waals surface area (Å²) in [6.07, 6.45) is 0.773. The largest absolute Gasteiger partial charge is 0.490 e. The van der Waals surface area contributed by atoms with E-state index in [9.17, 15) is 4.39 Å². The van der Waals surface area contributed by atoms with E-state index in [-0.39, 0.29) is 16.2 Å². The summed E-state index contributed by atoms with van der Waals surface area (Å²) >= 11 is 5.63. The minimum Gasteiger partial charge on any atom is -0.490 e. The summed E-state index contributed by atoms with van der Waals surface area (Å²) in [4.78, 5) is 0. The minimum absolute atomic E-state index is 0.00898. The van der Waals surface area contributed by atoms with Gasteiger partial charge < -0.3 is 10.5 Å². The van der Waals surface area contributed by atoms with Crippen LogP contribution >= 0.6 is 11.6 Å². The third-order valence-electron chi connectivity index (χ3n) is 2.51. The molecule has 0 aliphatic carbocycles. The van der Waals surface area contributed by atoms with Gasteiger partial charge in [0.25, 0.3) is 0 Å². The second-order valence-electron chi connectivity index (χ2n) is 4.52. The Hall–Kier alpha value is -0.800. The van der Waals surface area contributed by atoms with Crippen LogP contribution in [0.3, 0.4) is 0 Å². The third-order valence-corrected chi connectivity index (χ3v) is 2.80. The molecule has 1 aromatic carbocycles. The minimum atomic E-state index is -0.505. The van der Waals surface area contributed by atoms with Gasteiger partial charge in [-0.05, 0) is 30.5 Å². The molecule has 2 nitrogen and oxygen atoms in total. The lowest BCUT2D eigenvalue weighted by Crippen LogP contribution is -2.25. The number of rotatable bonds is 5. The zero-order valence-electron chi connectivity index (χ0n) is 9.59. The highest BCUT2D eigenvalue weighted by Gasteiger charge is 2.16. The lowest BCUT2D eigenvalue weighted by molar-refractivity contribution is 0.226. The predicted octanol–water partition coefficient (Wildman–Crippen LogP) is 3.23. The van der Waals surface area contributed by atoms with Gasteiger partial charge in [0.1, 0.15) is 0 Å². The van der Waals surface area contributed by atoms with Gasteiger partial charge in [-0.3, -0.25) is 0 Å². The Morgan fingerprint density at radius 1 is 1.44 bits per heavy atom. The Balaban J connectivity index is 2.53. The van der Waals surface area contributed by atoms with Crippen LogP contribution in [-0.4, -0.2) is 13.2 Å². The summed E-state index contributed by atoms with van der Waals surface area (Å²) in [6.45, 7) is 5.10. The molecule has 16 heavy (non-hydrogen) atoms. The Morgan fingerprint density at radius 3 is 2.75 bits per heavy atom. The molecule has 0 fully saturated rings. The molecule has 0 bridgehead atoms. The van der Waals surface area contributed by atoms with Crippen LogP contribution < -0.4 is 10.5 Å². The Morgan fingerprint density at radius 2 is 2.12 bits per heavy atom. The average Bonchev–Trinajstić information content (AvgIpc) is 2.24. The lowest BCUT2D eigenvalue weighted by atomic mass is 9.90. The molecule has 0 saturated carbocycles. The van der Waals surface area contributed by atoms with Gasteiger partial charge in [-0.25, -0.2) is 4.39 Å². The van der Waals surface area contributed by atoms with E-state index in [1.165, 1.54) is 6.07 Å². The van der Waals surface area contributed by atoms with Gasteiger partial charge in [0.2, 0.25) is 0 Å². The molecule has 0 aliphatic heterocycles. The fourth-order valence-electron chi connectivity index (χ4n) is 1.13. The molecule has 1 aromatic rings. The van der Waals surface area contributed by atoms with Crippen molar-refractivity contribution in [2.75, 3.05) is 13.2 Å². The first-order valence-corrected chi connectivity index (χ1v) is 5.61. The summed E-state index contributed by atoms with van der Waals surface area (Å²) in [7, 11) is 0. The molecule has 0 spiro atoms. The topological polar surface area (TPSA) is 35.2 Å². The number of halogens is 2. The molecule has 0 radical (unpaired) electrons. The van der Waals surface area contributed by atoms with Crippen LogP contribution in [0.4, 0.5) is 4.39 Å². The highest BCUT2D eigenvalue weighted by molar-refractivity contribution is 6.30. The molecular formula is C12H17ClFNO. The molecule has 0 heterocycles. The van der Waals surface area contributed by atoms with Crippen LogP contribution in [0, 0.1) is 11.2 Å². The standard InChI is InChI=1S/C12H17ClFNO/c1-12(2,8-15)6-7-16-10-5-3-4-9(13)11(10)14/h3-5H,6-8,15H2,1-2H3. The van der Waals surface area contributed by atoms with Crippen molar-refractivity contribution >= 4 is 11.6 Å². The molecule has 4 heteroatoms. The summed E-state index contributed by atoms with van der Waals surface area (Å²) in [5.41, 5.74) is 5.60. The first-order valence-electron chi connectivity index (χ1n) is 5.23. The van der Waals surface area contributed by atoms with Crippen LogP contribution in [0.2, 0.25) is 5.02 Å². The van der Waals surface area contributed by atoms with Crippen LogP contribution in [0.25, 0.3) is 0 Å². The number of hydrogen-bond acceptors (Lipinski definition) is 2. The SMILES string of the molecule is CC(C)(CN)CCOc1cccc(Cl)c1F. The summed E-state index contributed by atoms with van der Waals surface area (Å²) in [5, 5.41) is 0.0792. The molecular weight excluding hydrogens is 229 g/mol. The molecule has 0 aromatic heterocycles. The summed E-state index contributed by atoms with van der Waals surface area (Å²) in [5.74, 6) is -0.310. The van der Waals surface area contributed by atoms with Gasteiger partial charge in [-0.15, -0.1) is 0 Å². The second-order valence-corrected chi connectivity index (χ2v) is 4.93. The van der Waals surface area contributed by atoms with E-state index in [1.54, 1.807) is 12.1 Å². The Labute approximate surface area is 101 Å². The van der Waals surface area contributed by atoms with Crippen molar-refractivity contribution in [2.24, 2.45) is 11.1 Å². The van der Waals surface area contributed by atoms with E-state index in [4.69, 9.17) is 22.1 Å². The maximum absolute atomic E-state index is 13.4. The van der Waals surface area contributed by atoms with Crippen molar-refractivity contribution in [3.05, 3.63) is 29.0 Å². The normalized spacial score (nSPS) is 11.6. The first kappa shape index (κ1) is 13.3. The fraction of sp³-hybridized carbons (Fsp3) is 0.500. The van der Waals surface area contributed by atoms with E-state index in [1.807, 2.05) is 13.8 Å². The Kier molecular flexibility index (Phi) is 4.56. The van der Waals surface area contributed by atoms with Crippen molar-refractivity contribution in [1.82, 2.24) is 0 Å². The quantitative estimate of drug-likeness (QED) is 0.865. The van der Waals surface area contributed by atoms with Gasteiger partial charge in [-0.2, -0.15) is 0 Å². The number of hydrogen-bond donors (Lipinski definition) is 1. The lowest BCUT2D eigenvalue weighted by Gasteiger charge is -2.22. The van der Waals surface area contributed by atoms with Crippen molar-refractivity contribution in [2.45, 2.75) is 20.3 Å². The number of benzene rings is 1. The third kappa shape index (κ3) is 3.65. The monoisotopic (exact) mass is 245 g/mol. The molecule has 1 rings (SSSR count). The Bertz CT molecular complexity index is 355. The van der Waals surface area contributed by atoms with Gasteiger partial charge in [0.15, 0.2) is 11.6 Å². The first-order chi connectivity index (χ1) is 7.46. The number of ether oxygens (including phenoxy) is 1. The zero-order chi connectivity index (χ0) is 12.2. The summed E-state index contributed by atoms with van der Waals surface area (Å²) < 4.78 is 18.8. The van der Waals surface area contributed by atoms with Gasteiger partial charge >= 0.3 is 0 Å². The van der Waals surface area contributed by atoms with Crippen molar-refractivity contribution < 1.29 is 9.13 Å². The molecule has 0 amide bonds. The molecule has 2 N–H and O–H groups in total. The van der Waals surface area contributed by atoms with Gasteiger partial charge in [0, 0.05) is 0 Å². The van der Waals surface area contributed by atoms with Crippen molar-refractivity contribution in [3.63, 3.8) is 0 Å². The number of nitrogens with two attached hydrogens (primary N) is 1. The second kappa shape index (κ2) is 5.51. The molecule has 0 aliphatic rings. The molecule has 0 saturated heterocycles. The predicted molar refractivity (Wildman–Crippen MR) is 64.4 cm³/mol.